The van der Waals surface area contributed by atoms with Gasteiger partial charge in [0.2, 0.25) is 0 Å². The molecule has 5 heteroatoms. The van der Waals surface area contributed by atoms with Crippen molar-refractivity contribution >= 4 is 11.8 Å². The number of benzene rings is 1. The van der Waals surface area contributed by atoms with Gasteiger partial charge < -0.3 is 5.11 Å². The second-order valence-corrected chi connectivity index (χ2v) is 7.36. The van der Waals surface area contributed by atoms with E-state index >= 15 is 0 Å². The fourth-order valence-corrected chi connectivity index (χ4v) is 5.39. The number of thioether (sulfide) groups is 1. The van der Waals surface area contributed by atoms with Crippen molar-refractivity contribution in [3.05, 3.63) is 46.9 Å². The van der Waals surface area contributed by atoms with E-state index in [0.717, 1.165) is 30.5 Å². The van der Waals surface area contributed by atoms with Gasteiger partial charge in [0.25, 0.3) is 0 Å². The number of nitrogens with one attached hydrogen (secondary N) is 1. The normalized spacial score (nSPS) is 32.9. The molecule has 2 fully saturated rings. The molecule has 0 spiro atoms. The number of aliphatic hydroxyl groups is 1. The number of rotatable bonds is 4. The van der Waals surface area contributed by atoms with Crippen molar-refractivity contribution in [1.82, 2.24) is 5.48 Å². The summed E-state index contributed by atoms with van der Waals surface area (Å²) in [4.78, 5) is 5.13. The molecule has 22 heavy (non-hydrogen) atoms. The van der Waals surface area contributed by atoms with Gasteiger partial charge in [0.15, 0.2) is 0 Å². The van der Waals surface area contributed by atoms with Crippen molar-refractivity contribution in [2.45, 2.75) is 48.7 Å². The zero-order valence-electron chi connectivity index (χ0n) is 12.9. The van der Waals surface area contributed by atoms with E-state index in [1.165, 1.54) is 17.7 Å². The Labute approximate surface area is 134 Å². The van der Waals surface area contributed by atoms with Crippen LogP contribution in [0.2, 0.25) is 0 Å². The van der Waals surface area contributed by atoms with Crippen molar-refractivity contribution in [2.24, 2.45) is 0 Å². The number of hydrogen-bond donors (Lipinski definition) is 2. The summed E-state index contributed by atoms with van der Waals surface area (Å²) in [5.74, 6) is -0.000183. The Balaban J connectivity index is 2.04. The van der Waals surface area contributed by atoms with Crippen LogP contribution >= 0.6 is 11.8 Å². The molecule has 0 aliphatic carbocycles. The largest absolute Gasteiger partial charge is 0.392 e. The summed E-state index contributed by atoms with van der Waals surface area (Å²) in [6, 6.07) is 6.76. The molecule has 0 radical (unpaired) electrons. The van der Waals surface area contributed by atoms with E-state index in [0.29, 0.717) is 5.25 Å². The number of allylic oxidation sites excluding steroid dienone is 1. The van der Waals surface area contributed by atoms with Gasteiger partial charge in [0, 0.05) is 16.9 Å². The standard InChI is InChI=1S/C17H22FNO2S/c1-3-14(19-21-2)16-13(10-4-6-11(18)7-5-10)8-12-9-15(20)17(16)22-12/h4-7,12-13,15,17,19-20H,3,8-9H2,1-2H3/t12?,13-,15?,17+/m0/s1. The van der Waals surface area contributed by atoms with Gasteiger partial charge in [-0.25, -0.2) is 4.39 Å². The van der Waals surface area contributed by atoms with E-state index in [1.54, 1.807) is 7.11 Å². The van der Waals surface area contributed by atoms with E-state index in [-0.39, 0.29) is 23.1 Å². The fraction of sp³-hybridized carbons (Fsp3) is 0.529. The summed E-state index contributed by atoms with van der Waals surface area (Å²) in [6.07, 6.45) is 2.32. The minimum Gasteiger partial charge on any atom is -0.392 e. The highest BCUT2D eigenvalue weighted by Gasteiger charge is 2.45. The maximum absolute atomic E-state index is 13.2. The summed E-state index contributed by atoms with van der Waals surface area (Å²) in [5, 5.41) is 11.0. The highest BCUT2D eigenvalue weighted by Crippen LogP contribution is 2.53. The molecule has 0 saturated carbocycles. The molecule has 3 rings (SSSR count). The molecule has 1 aromatic rings. The number of fused-ring (bicyclic) bond motifs is 2. The van der Waals surface area contributed by atoms with Gasteiger partial charge in [-0.15, -0.1) is 11.8 Å². The predicted octanol–water partition coefficient (Wildman–Crippen LogP) is 3.36. The second kappa shape index (κ2) is 6.60. The molecule has 2 heterocycles. The Bertz CT molecular complexity index is 560. The van der Waals surface area contributed by atoms with Crippen LogP contribution in [0.5, 0.6) is 0 Å². The van der Waals surface area contributed by atoms with Crippen molar-refractivity contribution in [3.8, 4) is 0 Å². The summed E-state index contributed by atoms with van der Waals surface area (Å²) < 4.78 is 13.2. The number of hydroxylamine groups is 1. The third-order valence-corrected chi connectivity index (χ3v) is 6.20. The van der Waals surface area contributed by atoms with Gasteiger partial charge >= 0.3 is 0 Å². The molecule has 2 bridgehead atoms. The lowest BCUT2D eigenvalue weighted by Gasteiger charge is -2.34. The van der Waals surface area contributed by atoms with E-state index in [2.05, 4.69) is 12.4 Å². The molecule has 0 aromatic heterocycles. The van der Waals surface area contributed by atoms with Gasteiger partial charge in [-0.3, -0.25) is 10.3 Å². The fourth-order valence-electron chi connectivity index (χ4n) is 3.62. The van der Waals surface area contributed by atoms with Crippen LogP contribution in [0.15, 0.2) is 35.5 Å². The van der Waals surface area contributed by atoms with Crippen molar-refractivity contribution in [2.75, 3.05) is 7.11 Å². The molecule has 4 atom stereocenters. The van der Waals surface area contributed by atoms with Crippen LogP contribution < -0.4 is 5.48 Å². The number of hydrogen-bond acceptors (Lipinski definition) is 4. The third kappa shape index (κ3) is 2.90. The van der Waals surface area contributed by atoms with Crippen LogP contribution in [-0.2, 0) is 4.84 Å². The Kier molecular flexibility index (Phi) is 4.76. The molecular weight excluding hydrogens is 301 g/mol. The van der Waals surface area contributed by atoms with Gasteiger partial charge in [-0.1, -0.05) is 19.1 Å². The molecule has 2 aliphatic rings. The summed E-state index contributed by atoms with van der Waals surface area (Å²) in [6.45, 7) is 2.08. The molecular formula is C17H22FNO2S. The average molecular weight is 323 g/mol. The van der Waals surface area contributed by atoms with Gasteiger partial charge in [0.1, 0.15) is 5.82 Å². The maximum atomic E-state index is 13.2. The molecule has 2 N–H and O–H groups in total. The van der Waals surface area contributed by atoms with E-state index in [9.17, 15) is 9.50 Å². The first kappa shape index (κ1) is 15.8. The van der Waals surface area contributed by atoms with Crippen molar-refractivity contribution < 1.29 is 14.3 Å². The van der Waals surface area contributed by atoms with E-state index in [4.69, 9.17) is 4.84 Å². The molecule has 3 nitrogen and oxygen atoms in total. The Morgan fingerprint density at radius 3 is 2.73 bits per heavy atom. The third-order valence-electron chi connectivity index (χ3n) is 4.57. The molecule has 2 unspecified atom stereocenters. The smallest absolute Gasteiger partial charge is 0.123 e. The quantitative estimate of drug-likeness (QED) is 0.834. The number of aliphatic hydroxyl groups excluding tert-OH is 1. The monoisotopic (exact) mass is 323 g/mol. The summed E-state index contributed by atoms with van der Waals surface area (Å²) in [5.41, 5.74) is 6.36. The number of halogens is 1. The average Bonchev–Trinajstić information content (AvgIpc) is 2.81. The lowest BCUT2D eigenvalue weighted by Crippen LogP contribution is -2.29. The SMILES string of the molecule is CCC(NOC)=C1[C@H](c2ccc(F)cc2)CC2CC(O)[C@H]1S2. The molecule has 0 amide bonds. The summed E-state index contributed by atoms with van der Waals surface area (Å²) in [7, 11) is 1.60. The van der Waals surface area contributed by atoms with Crippen LogP contribution in [0.3, 0.4) is 0 Å². The van der Waals surface area contributed by atoms with Crippen LogP contribution in [-0.4, -0.2) is 28.8 Å². The molecule has 1 aromatic carbocycles. The van der Waals surface area contributed by atoms with Gasteiger partial charge in [-0.05, 0) is 42.5 Å². The lowest BCUT2D eigenvalue weighted by atomic mass is 9.84. The highest BCUT2D eigenvalue weighted by atomic mass is 32.2. The Hall–Kier alpha value is -1.04. The first-order valence-corrected chi connectivity index (χ1v) is 8.69. The van der Waals surface area contributed by atoms with Crippen LogP contribution in [0.1, 0.15) is 37.7 Å². The Morgan fingerprint density at radius 2 is 2.09 bits per heavy atom. The highest BCUT2D eigenvalue weighted by molar-refractivity contribution is 8.01. The predicted molar refractivity (Wildman–Crippen MR) is 87.0 cm³/mol. The topological polar surface area (TPSA) is 41.5 Å². The van der Waals surface area contributed by atoms with Gasteiger partial charge in [-0.2, -0.15) is 0 Å². The molecule has 2 aliphatic heterocycles. The van der Waals surface area contributed by atoms with E-state index < -0.39 is 0 Å². The minimum absolute atomic E-state index is 0.103. The van der Waals surface area contributed by atoms with Crippen LogP contribution in [0.4, 0.5) is 4.39 Å². The second-order valence-electron chi connectivity index (χ2n) is 5.92. The van der Waals surface area contributed by atoms with Crippen molar-refractivity contribution in [1.29, 1.82) is 0 Å². The van der Waals surface area contributed by atoms with Crippen LogP contribution in [0.25, 0.3) is 0 Å². The molecule has 2 saturated heterocycles. The first-order valence-electron chi connectivity index (χ1n) is 7.75. The Morgan fingerprint density at radius 1 is 1.36 bits per heavy atom. The maximum Gasteiger partial charge on any atom is 0.123 e. The van der Waals surface area contributed by atoms with Gasteiger partial charge in [0.05, 0.1) is 18.5 Å². The summed E-state index contributed by atoms with van der Waals surface area (Å²) >= 11 is 1.86. The first-order chi connectivity index (χ1) is 10.6. The van der Waals surface area contributed by atoms with Crippen LogP contribution in [0, 0.1) is 5.82 Å². The zero-order chi connectivity index (χ0) is 15.7. The lowest BCUT2D eigenvalue weighted by molar-refractivity contribution is 0.113. The minimum atomic E-state index is -0.310. The zero-order valence-corrected chi connectivity index (χ0v) is 13.7. The van der Waals surface area contributed by atoms with E-state index in [1.807, 2.05) is 23.9 Å². The van der Waals surface area contributed by atoms with Crippen molar-refractivity contribution in [3.63, 3.8) is 0 Å². The molecule has 120 valence electrons.